The molecule has 0 radical (unpaired) electrons. The van der Waals surface area contributed by atoms with Gasteiger partial charge in [0.2, 0.25) is 17.5 Å². The molecule has 0 atom stereocenters. The molecule has 0 spiro atoms. The second kappa shape index (κ2) is 10.4. The zero-order valence-corrected chi connectivity index (χ0v) is 18.6. The molecule has 1 saturated heterocycles. The zero-order chi connectivity index (χ0) is 22.3. The highest BCUT2D eigenvalue weighted by atomic mass is 16.5. The fraction of sp³-hybridized carbons (Fsp3) is 0.435. The van der Waals surface area contributed by atoms with Gasteiger partial charge < -0.3 is 23.5 Å². The molecule has 0 N–H and O–H groups in total. The Morgan fingerprint density at radius 1 is 1.00 bits per heavy atom. The van der Waals surface area contributed by atoms with Crippen molar-refractivity contribution in [2.75, 3.05) is 34.4 Å². The smallest absolute Gasteiger partial charge is 0.241 e. The van der Waals surface area contributed by atoms with Crippen LogP contribution in [0.2, 0.25) is 0 Å². The topological polar surface area (TPSA) is 92.0 Å². The fourth-order valence-corrected chi connectivity index (χ4v) is 3.82. The second-order valence-electron chi connectivity index (χ2n) is 7.50. The first-order valence-corrected chi connectivity index (χ1v) is 10.6. The largest absolute Gasteiger partial charge is 0.493 e. The van der Waals surface area contributed by atoms with Gasteiger partial charge in [-0.1, -0.05) is 11.2 Å². The standard InChI is InChI=1S/C23H28N4O5/c1-28-19-8-7-18(21(29-2)22(19)30-3)23-25-20(32-26-23)14-27-12-9-17(10-13-27)31-15-16-6-4-5-11-24-16/h4-8,11,17H,9-10,12-15H2,1-3H3. The summed E-state index contributed by atoms with van der Waals surface area (Å²) in [4.78, 5) is 11.2. The highest BCUT2D eigenvalue weighted by Gasteiger charge is 2.24. The summed E-state index contributed by atoms with van der Waals surface area (Å²) in [5.41, 5.74) is 1.64. The molecule has 3 heterocycles. The Balaban J connectivity index is 1.34. The van der Waals surface area contributed by atoms with Gasteiger partial charge in [-0.2, -0.15) is 4.98 Å². The van der Waals surface area contributed by atoms with Gasteiger partial charge >= 0.3 is 0 Å². The maximum Gasteiger partial charge on any atom is 0.241 e. The number of pyridine rings is 1. The summed E-state index contributed by atoms with van der Waals surface area (Å²) in [5.74, 6) is 2.58. The Bertz CT molecular complexity index is 1000. The third kappa shape index (κ3) is 5.00. The Morgan fingerprint density at radius 2 is 1.81 bits per heavy atom. The van der Waals surface area contributed by atoms with E-state index in [0.717, 1.165) is 31.6 Å². The second-order valence-corrected chi connectivity index (χ2v) is 7.50. The number of rotatable bonds is 9. The van der Waals surface area contributed by atoms with Crippen molar-refractivity contribution in [3.05, 3.63) is 48.1 Å². The molecule has 1 aromatic carbocycles. The molecule has 1 aliphatic heterocycles. The van der Waals surface area contributed by atoms with Gasteiger partial charge in [0, 0.05) is 19.3 Å². The van der Waals surface area contributed by atoms with Crippen molar-refractivity contribution in [2.45, 2.75) is 32.1 Å². The van der Waals surface area contributed by atoms with Crippen molar-refractivity contribution in [2.24, 2.45) is 0 Å². The molecule has 9 nitrogen and oxygen atoms in total. The summed E-state index contributed by atoms with van der Waals surface area (Å²) in [6.45, 7) is 2.95. The summed E-state index contributed by atoms with van der Waals surface area (Å²) in [6, 6.07) is 9.49. The van der Waals surface area contributed by atoms with Gasteiger partial charge in [-0.25, -0.2) is 0 Å². The van der Waals surface area contributed by atoms with Crippen LogP contribution in [0.25, 0.3) is 11.4 Å². The van der Waals surface area contributed by atoms with E-state index >= 15 is 0 Å². The Labute approximate surface area is 187 Å². The lowest BCUT2D eigenvalue weighted by atomic mass is 10.1. The molecule has 0 amide bonds. The van der Waals surface area contributed by atoms with Crippen LogP contribution in [0.4, 0.5) is 0 Å². The zero-order valence-electron chi connectivity index (χ0n) is 18.6. The van der Waals surface area contributed by atoms with E-state index in [1.165, 1.54) is 0 Å². The van der Waals surface area contributed by atoms with Crippen molar-refractivity contribution in [3.8, 4) is 28.6 Å². The van der Waals surface area contributed by atoms with Gasteiger partial charge in [0.1, 0.15) is 0 Å². The molecule has 0 unspecified atom stereocenters. The number of hydrogen-bond acceptors (Lipinski definition) is 9. The highest BCUT2D eigenvalue weighted by molar-refractivity contribution is 5.71. The minimum absolute atomic E-state index is 0.238. The summed E-state index contributed by atoms with van der Waals surface area (Å²) < 4.78 is 27.9. The quantitative estimate of drug-likeness (QED) is 0.497. The average Bonchev–Trinajstić information content (AvgIpc) is 3.31. The number of methoxy groups -OCH3 is 3. The van der Waals surface area contributed by atoms with Crippen LogP contribution in [0, 0.1) is 0 Å². The van der Waals surface area contributed by atoms with E-state index in [4.69, 9.17) is 23.5 Å². The van der Waals surface area contributed by atoms with Crippen LogP contribution in [0.1, 0.15) is 24.4 Å². The first-order valence-electron chi connectivity index (χ1n) is 10.6. The molecule has 9 heteroatoms. The molecule has 4 rings (SSSR count). The van der Waals surface area contributed by atoms with Crippen molar-refractivity contribution in [1.82, 2.24) is 20.0 Å². The van der Waals surface area contributed by atoms with Gasteiger partial charge in [-0.05, 0) is 37.1 Å². The highest BCUT2D eigenvalue weighted by Crippen LogP contribution is 2.43. The number of benzene rings is 1. The number of aromatic nitrogens is 3. The van der Waals surface area contributed by atoms with E-state index in [9.17, 15) is 0 Å². The Kier molecular flexibility index (Phi) is 7.18. The van der Waals surface area contributed by atoms with Crippen LogP contribution < -0.4 is 14.2 Å². The molecule has 2 aromatic heterocycles. The normalized spacial score (nSPS) is 15.0. The van der Waals surface area contributed by atoms with Crippen LogP contribution in [-0.4, -0.2) is 60.5 Å². The van der Waals surface area contributed by atoms with E-state index in [2.05, 4.69) is 20.0 Å². The van der Waals surface area contributed by atoms with Crippen molar-refractivity contribution in [1.29, 1.82) is 0 Å². The fourth-order valence-electron chi connectivity index (χ4n) is 3.82. The molecule has 3 aromatic rings. The summed E-state index contributed by atoms with van der Waals surface area (Å²) in [7, 11) is 4.72. The minimum atomic E-state index is 0.238. The summed E-state index contributed by atoms with van der Waals surface area (Å²) in [5, 5.41) is 4.15. The van der Waals surface area contributed by atoms with E-state index < -0.39 is 0 Å². The average molecular weight is 441 g/mol. The van der Waals surface area contributed by atoms with Crippen molar-refractivity contribution >= 4 is 0 Å². The number of likely N-dealkylation sites (tertiary alicyclic amines) is 1. The number of ether oxygens (including phenoxy) is 4. The minimum Gasteiger partial charge on any atom is -0.493 e. The van der Waals surface area contributed by atoms with Gasteiger partial charge in [0.15, 0.2) is 11.5 Å². The van der Waals surface area contributed by atoms with Crippen LogP contribution in [0.3, 0.4) is 0 Å². The molecular formula is C23H28N4O5. The van der Waals surface area contributed by atoms with Gasteiger partial charge in [-0.15, -0.1) is 0 Å². The lowest BCUT2D eigenvalue weighted by Crippen LogP contribution is -2.36. The first kappa shape index (κ1) is 22.0. The van der Waals surface area contributed by atoms with Gasteiger partial charge in [0.05, 0.1) is 51.8 Å². The molecule has 32 heavy (non-hydrogen) atoms. The summed E-state index contributed by atoms with van der Waals surface area (Å²) >= 11 is 0. The molecule has 170 valence electrons. The Hall–Kier alpha value is -3.17. The van der Waals surface area contributed by atoms with Crippen molar-refractivity contribution in [3.63, 3.8) is 0 Å². The van der Waals surface area contributed by atoms with E-state index in [1.807, 2.05) is 24.3 Å². The first-order chi connectivity index (χ1) is 15.7. The van der Waals surface area contributed by atoms with E-state index in [1.54, 1.807) is 33.6 Å². The van der Waals surface area contributed by atoms with Crippen molar-refractivity contribution < 1.29 is 23.5 Å². The predicted octanol–water partition coefficient (Wildman–Crippen LogP) is 3.34. The number of hydrogen-bond donors (Lipinski definition) is 0. The van der Waals surface area contributed by atoms with Crippen LogP contribution in [-0.2, 0) is 17.9 Å². The summed E-state index contributed by atoms with van der Waals surface area (Å²) in [6.07, 6.45) is 3.94. The molecule has 0 saturated carbocycles. The van der Waals surface area contributed by atoms with Crippen LogP contribution in [0.5, 0.6) is 17.2 Å². The molecule has 1 aliphatic rings. The number of nitrogens with zero attached hydrogens (tertiary/aromatic N) is 4. The van der Waals surface area contributed by atoms with Crippen LogP contribution >= 0.6 is 0 Å². The SMILES string of the molecule is COc1ccc(-c2noc(CN3CCC(OCc4ccccn4)CC3)n2)c(OC)c1OC. The third-order valence-electron chi connectivity index (χ3n) is 5.50. The third-order valence-corrected chi connectivity index (χ3v) is 5.50. The molecular weight excluding hydrogens is 412 g/mol. The van der Waals surface area contributed by atoms with Gasteiger partial charge in [0.25, 0.3) is 0 Å². The maximum absolute atomic E-state index is 6.02. The number of piperidine rings is 1. The molecule has 0 bridgehead atoms. The molecule has 0 aliphatic carbocycles. The molecule has 1 fully saturated rings. The maximum atomic E-state index is 6.02. The lowest BCUT2D eigenvalue weighted by Gasteiger charge is -2.30. The Morgan fingerprint density at radius 3 is 2.50 bits per heavy atom. The predicted molar refractivity (Wildman–Crippen MR) is 117 cm³/mol. The van der Waals surface area contributed by atoms with Gasteiger partial charge in [-0.3, -0.25) is 9.88 Å². The van der Waals surface area contributed by atoms with E-state index in [0.29, 0.717) is 47.7 Å². The van der Waals surface area contributed by atoms with E-state index in [-0.39, 0.29) is 6.10 Å². The monoisotopic (exact) mass is 440 g/mol. The van der Waals surface area contributed by atoms with Crippen LogP contribution in [0.15, 0.2) is 41.1 Å². The lowest BCUT2D eigenvalue weighted by molar-refractivity contribution is -0.00681.